The molecule has 2 aliphatic rings. The van der Waals surface area contributed by atoms with Gasteiger partial charge in [0.1, 0.15) is 0 Å². The fourth-order valence-electron chi connectivity index (χ4n) is 3.78. The van der Waals surface area contributed by atoms with Crippen molar-refractivity contribution in [3.63, 3.8) is 0 Å². The lowest BCUT2D eigenvalue weighted by molar-refractivity contribution is 0.0457. The first-order valence-corrected chi connectivity index (χ1v) is 9.92. The summed E-state index contributed by atoms with van der Waals surface area (Å²) in [7, 11) is 0. The zero-order valence-electron chi connectivity index (χ0n) is 16.0. The van der Waals surface area contributed by atoms with Crippen LogP contribution in [0.5, 0.6) is 0 Å². The molecule has 0 bridgehead atoms. The van der Waals surface area contributed by atoms with Crippen molar-refractivity contribution in [1.29, 1.82) is 0 Å². The molecule has 1 amide bonds. The lowest BCUT2D eigenvalue weighted by Gasteiger charge is -2.22. The number of nitrogens with zero attached hydrogens (tertiary/aromatic N) is 3. The summed E-state index contributed by atoms with van der Waals surface area (Å²) in [5.74, 6) is -0.231. The van der Waals surface area contributed by atoms with E-state index in [0.29, 0.717) is 24.4 Å². The van der Waals surface area contributed by atoms with Crippen LogP contribution < -0.4 is 10.6 Å². The molecule has 0 radical (unpaired) electrons. The Morgan fingerprint density at radius 1 is 1.14 bits per heavy atom. The van der Waals surface area contributed by atoms with E-state index >= 15 is 0 Å². The van der Waals surface area contributed by atoms with E-state index in [4.69, 9.17) is 4.74 Å². The van der Waals surface area contributed by atoms with Gasteiger partial charge in [0, 0.05) is 5.69 Å². The molecule has 2 fully saturated rings. The summed E-state index contributed by atoms with van der Waals surface area (Å²) in [6.07, 6.45) is 9.07. The Balaban J connectivity index is 0.00000225. The number of nitrogens with one attached hydrogen (secondary N) is 2. The molecule has 1 saturated carbocycles. The topological polar surface area (TPSA) is 81.1 Å². The van der Waals surface area contributed by atoms with Gasteiger partial charge in [-0.3, -0.25) is 4.79 Å². The van der Waals surface area contributed by atoms with E-state index in [1.54, 1.807) is 6.20 Å². The third kappa shape index (κ3) is 5.31. The van der Waals surface area contributed by atoms with E-state index in [0.717, 1.165) is 37.2 Å². The number of hydrogen-bond donors (Lipinski definition) is 2. The average molecular weight is 406 g/mol. The van der Waals surface area contributed by atoms with Gasteiger partial charge in [-0.15, -0.1) is 17.5 Å². The van der Waals surface area contributed by atoms with Crippen molar-refractivity contribution in [3.8, 4) is 0 Å². The monoisotopic (exact) mass is 405 g/mol. The highest BCUT2D eigenvalue weighted by molar-refractivity contribution is 6.02. The maximum atomic E-state index is 12.4. The molecule has 0 unspecified atom stereocenters. The van der Waals surface area contributed by atoms with Crippen LogP contribution in [0.15, 0.2) is 30.5 Å². The van der Waals surface area contributed by atoms with Gasteiger partial charge in [0.25, 0.3) is 5.91 Å². The van der Waals surface area contributed by atoms with Gasteiger partial charge in [-0.25, -0.2) is 4.68 Å². The van der Waals surface area contributed by atoms with E-state index in [2.05, 4.69) is 20.9 Å². The number of carbonyl (C=O) groups is 1. The molecule has 1 aliphatic carbocycles. The SMILES string of the molecule is Cl.O=C(Nc1ccc(COC2CCCC2)cc1)c1cn(C2CCNCC2)nn1. The van der Waals surface area contributed by atoms with Crippen LogP contribution in [0.1, 0.15) is 60.6 Å². The van der Waals surface area contributed by atoms with E-state index in [1.165, 1.54) is 25.7 Å². The highest BCUT2D eigenvalue weighted by atomic mass is 35.5. The Morgan fingerprint density at radius 3 is 2.57 bits per heavy atom. The normalized spacial score (nSPS) is 18.0. The number of halogens is 1. The van der Waals surface area contributed by atoms with Gasteiger partial charge in [0.05, 0.1) is 24.9 Å². The molecular formula is C20H28ClN5O2. The van der Waals surface area contributed by atoms with Gasteiger partial charge in [-0.1, -0.05) is 30.2 Å². The first kappa shape index (κ1) is 20.8. The van der Waals surface area contributed by atoms with E-state index in [9.17, 15) is 4.79 Å². The molecule has 2 N–H and O–H groups in total. The van der Waals surface area contributed by atoms with Crippen molar-refractivity contribution < 1.29 is 9.53 Å². The third-order valence-corrected chi connectivity index (χ3v) is 5.43. The summed E-state index contributed by atoms with van der Waals surface area (Å²) < 4.78 is 7.75. The molecule has 2 aromatic rings. The van der Waals surface area contributed by atoms with Gasteiger partial charge < -0.3 is 15.4 Å². The van der Waals surface area contributed by atoms with Gasteiger partial charge in [0.15, 0.2) is 5.69 Å². The minimum atomic E-state index is -0.231. The first-order chi connectivity index (χ1) is 13.3. The van der Waals surface area contributed by atoms with Crippen LogP contribution in [0.25, 0.3) is 0 Å². The number of benzene rings is 1. The standard InChI is InChI=1S/C20H27N5O2.ClH/c26-20(19-13-25(24-23-19)17-9-11-21-12-10-17)22-16-7-5-15(6-8-16)14-27-18-3-1-2-4-18;/h5-8,13,17-18,21H,1-4,9-12,14H2,(H,22,26);1H. The van der Waals surface area contributed by atoms with E-state index in [-0.39, 0.29) is 18.3 Å². The number of rotatable bonds is 6. The smallest absolute Gasteiger partial charge is 0.277 e. The zero-order valence-corrected chi connectivity index (χ0v) is 16.8. The molecule has 7 nitrogen and oxygen atoms in total. The second-order valence-corrected chi connectivity index (χ2v) is 7.43. The molecular weight excluding hydrogens is 378 g/mol. The molecule has 1 aromatic carbocycles. The third-order valence-electron chi connectivity index (χ3n) is 5.43. The molecule has 28 heavy (non-hydrogen) atoms. The van der Waals surface area contributed by atoms with Crippen LogP contribution >= 0.6 is 12.4 Å². The largest absolute Gasteiger partial charge is 0.374 e. The summed E-state index contributed by atoms with van der Waals surface area (Å²) in [6.45, 7) is 2.58. The fourth-order valence-corrected chi connectivity index (χ4v) is 3.78. The van der Waals surface area contributed by atoms with Crippen molar-refractivity contribution >= 4 is 24.0 Å². The van der Waals surface area contributed by atoms with Crippen LogP contribution in [-0.2, 0) is 11.3 Å². The summed E-state index contributed by atoms with van der Waals surface area (Å²) in [5, 5.41) is 14.4. The highest BCUT2D eigenvalue weighted by Crippen LogP contribution is 2.22. The van der Waals surface area contributed by atoms with Crippen LogP contribution in [-0.4, -0.2) is 40.1 Å². The van der Waals surface area contributed by atoms with E-state index < -0.39 is 0 Å². The second kappa shape index (κ2) is 10.0. The molecule has 0 atom stereocenters. The predicted molar refractivity (Wildman–Crippen MR) is 110 cm³/mol. The maximum absolute atomic E-state index is 12.4. The van der Waals surface area contributed by atoms with Gasteiger partial charge in [-0.2, -0.15) is 0 Å². The van der Waals surface area contributed by atoms with E-state index in [1.807, 2.05) is 28.9 Å². The zero-order chi connectivity index (χ0) is 18.5. The Kier molecular flexibility index (Phi) is 7.42. The summed E-state index contributed by atoms with van der Waals surface area (Å²) in [5.41, 5.74) is 2.22. The Morgan fingerprint density at radius 2 is 1.86 bits per heavy atom. The van der Waals surface area contributed by atoms with Crippen molar-refractivity contribution in [3.05, 3.63) is 41.7 Å². The van der Waals surface area contributed by atoms with Crippen molar-refractivity contribution in [2.24, 2.45) is 0 Å². The number of ether oxygens (including phenoxy) is 1. The van der Waals surface area contributed by atoms with Gasteiger partial charge >= 0.3 is 0 Å². The quantitative estimate of drug-likeness (QED) is 0.770. The molecule has 1 saturated heterocycles. The lowest BCUT2D eigenvalue weighted by atomic mass is 10.1. The summed E-state index contributed by atoms with van der Waals surface area (Å²) in [4.78, 5) is 12.4. The minimum Gasteiger partial charge on any atom is -0.374 e. The van der Waals surface area contributed by atoms with Crippen molar-refractivity contribution in [2.45, 2.75) is 57.3 Å². The summed E-state index contributed by atoms with van der Waals surface area (Å²) in [6, 6.07) is 8.12. The van der Waals surface area contributed by atoms with Gasteiger partial charge in [0.2, 0.25) is 0 Å². The van der Waals surface area contributed by atoms with Gasteiger partial charge in [-0.05, 0) is 56.5 Å². The Labute approximate surface area is 171 Å². The number of piperidine rings is 1. The maximum Gasteiger partial charge on any atom is 0.277 e. The van der Waals surface area contributed by atoms with Crippen molar-refractivity contribution in [1.82, 2.24) is 20.3 Å². The lowest BCUT2D eigenvalue weighted by Crippen LogP contribution is -2.29. The average Bonchev–Trinajstić information content (AvgIpc) is 3.40. The molecule has 2 heterocycles. The van der Waals surface area contributed by atoms with Crippen LogP contribution in [0.4, 0.5) is 5.69 Å². The predicted octanol–water partition coefficient (Wildman–Crippen LogP) is 3.34. The Bertz CT molecular complexity index is 752. The number of amides is 1. The molecule has 1 aromatic heterocycles. The van der Waals surface area contributed by atoms with Crippen LogP contribution in [0.3, 0.4) is 0 Å². The molecule has 152 valence electrons. The molecule has 8 heteroatoms. The fraction of sp³-hybridized carbons (Fsp3) is 0.550. The highest BCUT2D eigenvalue weighted by Gasteiger charge is 2.19. The number of hydrogen-bond acceptors (Lipinski definition) is 5. The van der Waals surface area contributed by atoms with Crippen molar-refractivity contribution in [2.75, 3.05) is 18.4 Å². The molecule has 4 rings (SSSR count). The number of aromatic nitrogens is 3. The summed E-state index contributed by atoms with van der Waals surface area (Å²) >= 11 is 0. The molecule has 0 spiro atoms. The Hall–Kier alpha value is -1.96. The minimum absolute atomic E-state index is 0. The van der Waals surface area contributed by atoms with Crippen LogP contribution in [0.2, 0.25) is 0 Å². The number of carbonyl (C=O) groups excluding carboxylic acids is 1. The van der Waals surface area contributed by atoms with Crippen LogP contribution in [0, 0.1) is 0 Å². The number of anilines is 1. The molecule has 1 aliphatic heterocycles. The first-order valence-electron chi connectivity index (χ1n) is 9.92. The second-order valence-electron chi connectivity index (χ2n) is 7.43.